The lowest BCUT2D eigenvalue weighted by Gasteiger charge is -2.28. The van der Waals surface area contributed by atoms with Crippen molar-refractivity contribution in [2.75, 3.05) is 38.3 Å². The van der Waals surface area contributed by atoms with Crippen LogP contribution in [-0.4, -0.2) is 47.7 Å². The molecule has 22 heavy (non-hydrogen) atoms. The maximum atomic E-state index is 12.3. The Kier molecular flexibility index (Phi) is 5.38. The molecule has 1 N–H and O–H groups in total. The minimum Gasteiger partial charge on any atom is -0.482 e. The van der Waals surface area contributed by atoms with Crippen molar-refractivity contribution in [3.63, 3.8) is 0 Å². The highest BCUT2D eigenvalue weighted by Crippen LogP contribution is 2.33. The van der Waals surface area contributed by atoms with Crippen LogP contribution in [0.15, 0.2) is 23.1 Å². The number of likely N-dealkylation sites (N-methyl/N-ethyl adjacent to an activating group) is 1. The van der Waals surface area contributed by atoms with Gasteiger partial charge in [-0.05, 0) is 31.5 Å². The standard InChI is InChI=1S/C14H20N2O5S/c1-3-16-12-9-11(5-6-13(12)21-10-14(16)17)22(18,19)15-7-4-8-20-2/h5-6,9,15H,3-4,7-8,10H2,1-2H3. The number of carbonyl (C=O) groups is 1. The van der Waals surface area contributed by atoms with E-state index in [0.29, 0.717) is 37.6 Å². The SMILES string of the molecule is CCN1C(=O)COc2ccc(S(=O)(=O)NCCCOC)cc21. The number of ether oxygens (including phenoxy) is 2. The molecular weight excluding hydrogens is 308 g/mol. The lowest BCUT2D eigenvalue weighted by atomic mass is 10.2. The van der Waals surface area contributed by atoms with E-state index in [9.17, 15) is 13.2 Å². The zero-order valence-corrected chi connectivity index (χ0v) is 13.5. The van der Waals surface area contributed by atoms with Crippen molar-refractivity contribution in [2.24, 2.45) is 0 Å². The summed E-state index contributed by atoms with van der Waals surface area (Å²) in [4.78, 5) is 13.4. The van der Waals surface area contributed by atoms with E-state index in [1.807, 2.05) is 6.92 Å². The van der Waals surface area contributed by atoms with E-state index in [4.69, 9.17) is 9.47 Å². The second kappa shape index (κ2) is 7.08. The predicted molar refractivity (Wildman–Crippen MR) is 81.6 cm³/mol. The molecule has 0 unspecified atom stereocenters. The molecule has 0 saturated heterocycles. The zero-order valence-electron chi connectivity index (χ0n) is 12.7. The van der Waals surface area contributed by atoms with Crippen LogP contribution < -0.4 is 14.4 Å². The Morgan fingerprint density at radius 1 is 1.41 bits per heavy atom. The van der Waals surface area contributed by atoms with E-state index in [2.05, 4.69) is 4.72 Å². The molecule has 2 rings (SSSR count). The molecule has 1 amide bonds. The van der Waals surface area contributed by atoms with Crippen LogP contribution in [0.4, 0.5) is 5.69 Å². The largest absolute Gasteiger partial charge is 0.482 e. The highest BCUT2D eigenvalue weighted by Gasteiger charge is 2.26. The molecule has 0 saturated carbocycles. The maximum absolute atomic E-state index is 12.3. The zero-order chi connectivity index (χ0) is 16.2. The Balaban J connectivity index is 2.22. The number of rotatable bonds is 7. The normalized spacial score (nSPS) is 14.6. The second-order valence-corrected chi connectivity index (χ2v) is 6.57. The molecule has 1 heterocycles. The van der Waals surface area contributed by atoms with Crippen molar-refractivity contribution in [3.8, 4) is 5.75 Å². The third-order valence-corrected chi connectivity index (χ3v) is 4.78. The van der Waals surface area contributed by atoms with E-state index in [0.717, 1.165) is 0 Å². The lowest BCUT2D eigenvalue weighted by Crippen LogP contribution is -2.38. The van der Waals surface area contributed by atoms with Gasteiger partial charge in [-0.15, -0.1) is 0 Å². The number of benzene rings is 1. The molecule has 122 valence electrons. The molecule has 1 aromatic carbocycles. The molecule has 0 aliphatic carbocycles. The van der Waals surface area contributed by atoms with E-state index < -0.39 is 10.0 Å². The number of nitrogens with zero attached hydrogens (tertiary/aromatic N) is 1. The summed E-state index contributed by atoms with van der Waals surface area (Å²) in [5.41, 5.74) is 0.485. The van der Waals surface area contributed by atoms with Gasteiger partial charge in [-0.2, -0.15) is 0 Å². The average Bonchev–Trinajstić information content (AvgIpc) is 2.51. The van der Waals surface area contributed by atoms with Crippen LogP contribution in [0.1, 0.15) is 13.3 Å². The van der Waals surface area contributed by atoms with E-state index in [-0.39, 0.29) is 17.4 Å². The van der Waals surface area contributed by atoms with Crippen LogP contribution >= 0.6 is 0 Å². The van der Waals surface area contributed by atoms with E-state index in [1.54, 1.807) is 13.2 Å². The molecule has 0 radical (unpaired) electrons. The molecule has 0 atom stereocenters. The average molecular weight is 328 g/mol. The van der Waals surface area contributed by atoms with Gasteiger partial charge in [0.2, 0.25) is 10.0 Å². The van der Waals surface area contributed by atoms with Gasteiger partial charge in [0.1, 0.15) is 5.75 Å². The molecule has 1 aliphatic rings. The van der Waals surface area contributed by atoms with Gasteiger partial charge in [0.25, 0.3) is 5.91 Å². The van der Waals surface area contributed by atoms with Crippen molar-refractivity contribution < 1.29 is 22.7 Å². The summed E-state index contributed by atoms with van der Waals surface area (Å²) in [6.45, 7) is 3.04. The number of methoxy groups -OCH3 is 1. The topological polar surface area (TPSA) is 84.9 Å². The Morgan fingerprint density at radius 2 is 2.18 bits per heavy atom. The number of carbonyl (C=O) groups excluding carboxylic acids is 1. The third kappa shape index (κ3) is 3.57. The van der Waals surface area contributed by atoms with Crippen molar-refractivity contribution in [3.05, 3.63) is 18.2 Å². The molecule has 7 nitrogen and oxygen atoms in total. The molecule has 0 aromatic heterocycles. The van der Waals surface area contributed by atoms with Crippen LogP contribution in [0.2, 0.25) is 0 Å². The van der Waals surface area contributed by atoms with Gasteiger partial charge in [0.15, 0.2) is 6.61 Å². The van der Waals surface area contributed by atoms with Gasteiger partial charge < -0.3 is 14.4 Å². The van der Waals surface area contributed by atoms with Gasteiger partial charge in [0, 0.05) is 26.8 Å². The Hall–Kier alpha value is -1.64. The first-order valence-corrected chi connectivity index (χ1v) is 8.53. The number of nitrogens with one attached hydrogen (secondary N) is 1. The summed E-state index contributed by atoms with van der Waals surface area (Å²) in [5, 5.41) is 0. The quantitative estimate of drug-likeness (QED) is 0.747. The van der Waals surface area contributed by atoms with E-state index in [1.165, 1.54) is 17.0 Å². The van der Waals surface area contributed by atoms with Crippen molar-refractivity contribution >= 4 is 21.6 Å². The smallest absolute Gasteiger partial charge is 0.265 e. The van der Waals surface area contributed by atoms with Gasteiger partial charge in [-0.1, -0.05) is 0 Å². The number of sulfonamides is 1. The molecular formula is C14H20N2O5S. The third-order valence-electron chi connectivity index (χ3n) is 3.32. The Bertz CT molecular complexity index is 645. The Labute approximate surface area is 130 Å². The highest BCUT2D eigenvalue weighted by molar-refractivity contribution is 7.89. The summed E-state index contributed by atoms with van der Waals surface area (Å²) < 4.78 is 37.2. The molecule has 0 fully saturated rings. The summed E-state index contributed by atoms with van der Waals surface area (Å²) in [6, 6.07) is 4.52. The lowest BCUT2D eigenvalue weighted by molar-refractivity contribution is -0.121. The van der Waals surface area contributed by atoms with Crippen LogP contribution in [-0.2, 0) is 19.6 Å². The minimum absolute atomic E-state index is 0.0256. The van der Waals surface area contributed by atoms with Crippen LogP contribution in [0.3, 0.4) is 0 Å². The number of hydrogen-bond acceptors (Lipinski definition) is 5. The summed E-state index contributed by atoms with van der Waals surface area (Å²) in [6.07, 6.45) is 0.587. The monoisotopic (exact) mass is 328 g/mol. The van der Waals surface area contributed by atoms with Gasteiger partial charge in [-0.25, -0.2) is 13.1 Å². The molecule has 0 spiro atoms. The number of fused-ring (bicyclic) bond motifs is 1. The highest BCUT2D eigenvalue weighted by atomic mass is 32.2. The molecule has 8 heteroatoms. The van der Waals surface area contributed by atoms with Gasteiger partial charge in [0.05, 0.1) is 10.6 Å². The van der Waals surface area contributed by atoms with Crippen LogP contribution in [0.5, 0.6) is 5.75 Å². The Morgan fingerprint density at radius 3 is 2.86 bits per heavy atom. The summed E-state index contributed by atoms with van der Waals surface area (Å²) in [7, 11) is -2.06. The van der Waals surface area contributed by atoms with E-state index >= 15 is 0 Å². The van der Waals surface area contributed by atoms with Crippen LogP contribution in [0, 0.1) is 0 Å². The first-order chi connectivity index (χ1) is 10.5. The molecule has 1 aliphatic heterocycles. The first-order valence-electron chi connectivity index (χ1n) is 7.05. The summed E-state index contributed by atoms with van der Waals surface area (Å²) in [5.74, 6) is 0.331. The number of hydrogen-bond donors (Lipinski definition) is 1. The fourth-order valence-electron chi connectivity index (χ4n) is 2.20. The van der Waals surface area contributed by atoms with Crippen LogP contribution in [0.25, 0.3) is 0 Å². The van der Waals surface area contributed by atoms with Gasteiger partial charge >= 0.3 is 0 Å². The fourth-order valence-corrected chi connectivity index (χ4v) is 3.30. The minimum atomic E-state index is -3.62. The predicted octanol–water partition coefficient (Wildman–Crippen LogP) is 0.747. The fraction of sp³-hybridized carbons (Fsp3) is 0.500. The summed E-state index contributed by atoms with van der Waals surface area (Å²) >= 11 is 0. The van der Waals surface area contributed by atoms with Crippen molar-refractivity contribution in [1.29, 1.82) is 0 Å². The van der Waals surface area contributed by atoms with Gasteiger partial charge in [-0.3, -0.25) is 4.79 Å². The second-order valence-electron chi connectivity index (χ2n) is 4.80. The number of amides is 1. The van der Waals surface area contributed by atoms with Crippen molar-refractivity contribution in [1.82, 2.24) is 4.72 Å². The number of anilines is 1. The van der Waals surface area contributed by atoms with Crippen molar-refractivity contribution in [2.45, 2.75) is 18.2 Å². The first kappa shape index (κ1) is 16.7. The maximum Gasteiger partial charge on any atom is 0.265 e. The molecule has 1 aromatic rings. The molecule has 0 bridgehead atoms.